The lowest BCUT2D eigenvalue weighted by atomic mass is 10.2. The van der Waals surface area contributed by atoms with Crippen LogP contribution in [0.1, 0.15) is 10.4 Å². The maximum Gasteiger partial charge on any atom is 0.417 e. The molecule has 3 aromatic rings. The van der Waals surface area contributed by atoms with Crippen molar-refractivity contribution in [3.05, 3.63) is 78.4 Å². The van der Waals surface area contributed by atoms with Crippen molar-refractivity contribution >= 4 is 35.1 Å². The Morgan fingerprint density at radius 1 is 0.923 bits per heavy atom. The molecule has 26 heavy (non-hydrogen) atoms. The molecule has 0 saturated carbocycles. The number of rotatable bonds is 2. The summed E-state index contributed by atoms with van der Waals surface area (Å²) in [6.45, 7) is 0. The molecule has 1 aliphatic heterocycles. The van der Waals surface area contributed by atoms with Crippen molar-refractivity contribution in [1.29, 1.82) is 0 Å². The van der Waals surface area contributed by atoms with Gasteiger partial charge in [-0.1, -0.05) is 42.1 Å². The average molecular weight is 362 g/mol. The minimum Gasteiger partial charge on any atom is -0.410 e. The number of hydrogen-bond donors (Lipinski definition) is 2. The molecule has 0 aromatic heterocycles. The van der Waals surface area contributed by atoms with Crippen LogP contribution < -0.4 is 15.4 Å². The van der Waals surface area contributed by atoms with Gasteiger partial charge in [0.1, 0.15) is 5.75 Å². The van der Waals surface area contributed by atoms with Crippen LogP contribution in [0.4, 0.5) is 16.2 Å². The van der Waals surface area contributed by atoms with Crippen LogP contribution in [0.2, 0.25) is 0 Å². The van der Waals surface area contributed by atoms with Crippen molar-refractivity contribution in [2.24, 2.45) is 0 Å². The van der Waals surface area contributed by atoms with E-state index in [9.17, 15) is 9.59 Å². The van der Waals surface area contributed by atoms with E-state index in [0.717, 1.165) is 9.79 Å². The van der Waals surface area contributed by atoms with Crippen LogP contribution in [-0.2, 0) is 0 Å². The van der Waals surface area contributed by atoms with E-state index in [1.54, 1.807) is 42.5 Å². The molecule has 128 valence electrons. The summed E-state index contributed by atoms with van der Waals surface area (Å²) in [5, 5.41) is 5.57. The van der Waals surface area contributed by atoms with Crippen LogP contribution in [0.25, 0.3) is 0 Å². The highest BCUT2D eigenvalue weighted by Gasteiger charge is 2.20. The molecule has 2 N–H and O–H groups in total. The number of nitrogens with one attached hydrogen (secondary N) is 2. The summed E-state index contributed by atoms with van der Waals surface area (Å²) >= 11 is 1.51. The number of para-hydroxylation sites is 1. The smallest absolute Gasteiger partial charge is 0.410 e. The zero-order valence-electron chi connectivity index (χ0n) is 13.6. The van der Waals surface area contributed by atoms with E-state index in [-0.39, 0.29) is 5.91 Å². The quantitative estimate of drug-likeness (QED) is 0.672. The molecule has 0 atom stereocenters. The number of amides is 2. The molecule has 0 spiro atoms. The lowest BCUT2D eigenvalue weighted by Crippen LogP contribution is -2.17. The highest BCUT2D eigenvalue weighted by atomic mass is 32.2. The summed E-state index contributed by atoms with van der Waals surface area (Å²) in [7, 11) is 0. The Bertz CT molecular complexity index is 989. The van der Waals surface area contributed by atoms with Gasteiger partial charge in [0.05, 0.1) is 11.3 Å². The van der Waals surface area contributed by atoms with E-state index in [2.05, 4.69) is 10.6 Å². The lowest BCUT2D eigenvalue weighted by molar-refractivity contribution is 0.102. The number of anilines is 2. The van der Waals surface area contributed by atoms with Gasteiger partial charge in [0.2, 0.25) is 0 Å². The van der Waals surface area contributed by atoms with Gasteiger partial charge in [-0.2, -0.15) is 0 Å². The highest BCUT2D eigenvalue weighted by Crippen LogP contribution is 2.39. The fourth-order valence-electron chi connectivity index (χ4n) is 2.58. The first kappa shape index (κ1) is 16.2. The number of carbonyl (C=O) groups is 2. The number of carbonyl (C=O) groups excluding carboxylic acids is 2. The largest absolute Gasteiger partial charge is 0.417 e. The predicted molar refractivity (Wildman–Crippen MR) is 101 cm³/mol. The molecule has 0 aliphatic carbocycles. The molecule has 0 radical (unpaired) electrons. The summed E-state index contributed by atoms with van der Waals surface area (Å²) in [4.78, 5) is 26.2. The highest BCUT2D eigenvalue weighted by molar-refractivity contribution is 7.99. The molecule has 3 aromatic carbocycles. The second-order valence-electron chi connectivity index (χ2n) is 5.59. The molecule has 0 fully saturated rings. The van der Waals surface area contributed by atoms with E-state index in [1.165, 1.54) is 11.8 Å². The van der Waals surface area contributed by atoms with Crippen LogP contribution in [0.3, 0.4) is 0 Å². The Kier molecular flexibility index (Phi) is 4.33. The van der Waals surface area contributed by atoms with Crippen molar-refractivity contribution in [1.82, 2.24) is 0 Å². The zero-order chi connectivity index (χ0) is 17.9. The Labute approximate surface area is 154 Å². The maximum absolute atomic E-state index is 12.4. The summed E-state index contributed by atoms with van der Waals surface area (Å²) < 4.78 is 5.22. The van der Waals surface area contributed by atoms with Crippen LogP contribution >= 0.6 is 11.8 Å². The van der Waals surface area contributed by atoms with Crippen molar-refractivity contribution in [2.75, 3.05) is 10.6 Å². The Balaban J connectivity index is 1.54. The van der Waals surface area contributed by atoms with Crippen molar-refractivity contribution in [3.8, 4) is 5.75 Å². The van der Waals surface area contributed by atoms with Gasteiger partial charge in [0.15, 0.2) is 0 Å². The predicted octanol–water partition coefficient (Wildman–Crippen LogP) is 5.01. The van der Waals surface area contributed by atoms with Crippen molar-refractivity contribution < 1.29 is 14.3 Å². The summed E-state index contributed by atoms with van der Waals surface area (Å²) in [6, 6.07) is 21.6. The summed E-state index contributed by atoms with van der Waals surface area (Å²) in [6.07, 6.45) is -0.591. The van der Waals surface area contributed by atoms with Crippen LogP contribution in [-0.4, -0.2) is 12.0 Å². The van der Waals surface area contributed by atoms with E-state index in [0.29, 0.717) is 22.7 Å². The normalized spacial score (nSPS) is 12.2. The molecule has 0 bridgehead atoms. The molecule has 1 aliphatic rings. The zero-order valence-corrected chi connectivity index (χ0v) is 14.4. The van der Waals surface area contributed by atoms with Gasteiger partial charge < -0.3 is 10.1 Å². The number of fused-ring (bicyclic) bond motifs is 2. The van der Waals surface area contributed by atoms with Crippen LogP contribution in [0.5, 0.6) is 5.75 Å². The first-order valence-corrected chi connectivity index (χ1v) is 8.77. The van der Waals surface area contributed by atoms with Gasteiger partial charge in [0, 0.05) is 15.5 Å². The Morgan fingerprint density at radius 2 is 1.69 bits per heavy atom. The third-order valence-electron chi connectivity index (χ3n) is 3.78. The standard InChI is InChI=1S/C20H14N2O3S/c23-19-15-8-4-5-9-17(15)26-18-11-10-13(12-16(18)22-19)21-20(24)25-14-6-2-1-3-7-14/h1-12H,(H,21,24)(H,22,23). The fraction of sp³-hybridized carbons (Fsp3) is 0. The molecular formula is C20H14N2O3S. The van der Waals surface area contributed by atoms with Crippen molar-refractivity contribution in [3.63, 3.8) is 0 Å². The molecule has 5 nitrogen and oxygen atoms in total. The second-order valence-corrected chi connectivity index (χ2v) is 6.67. The van der Waals surface area contributed by atoms with Gasteiger partial charge in [-0.15, -0.1) is 0 Å². The van der Waals surface area contributed by atoms with Gasteiger partial charge in [0.25, 0.3) is 5.91 Å². The van der Waals surface area contributed by atoms with Gasteiger partial charge in [-0.05, 0) is 42.5 Å². The fourth-order valence-corrected chi connectivity index (χ4v) is 3.59. The molecule has 4 rings (SSSR count). The third kappa shape index (κ3) is 3.41. The molecular weight excluding hydrogens is 348 g/mol. The molecule has 2 amide bonds. The SMILES string of the molecule is O=C(Nc1ccc2c(c1)NC(=O)c1ccccc1S2)Oc1ccccc1. The molecule has 1 heterocycles. The Hall–Kier alpha value is -3.25. The van der Waals surface area contributed by atoms with Crippen LogP contribution in [0.15, 0.2) is 82.6 Å². The van der Waals surface area contributed by atoms with Gasteiger partial charge >= 0.3 is 6.09 Å². The average Bonchev–Trinajstić information content (AvgIpc) is 2.78. The lowest BCUT2D eigenvalue weighted by Gasteiger charge is -2.10. The Morgan fingerprint density at radius 3 is 2.54 bits per heavy atom. The van der Waals surface area contributed by atoms with E-state index >= 15 is 0 Å². The summed E-state index contributed by atoms with van der Waals surface area (Å²) in [5.74, 6) is 0.287. The molecule has 6 heteroatoms. The van der Waals surface area contributed by atoms with E-state index in [1.807, 2.05) is 30.3 Å². The summed E-state index contributed by atoms with van der Waals surface area (Å²) in [5.41, 5.74) is 1.82. The van der Waals surface area contributed by atoms with Gasteiger partial charge in [-0.3, -0.25) is 10.1 Å². The first-order chi connectivity index (χ1) is 12.7. The van der Waals surface area contributed by atoms with E-state index in [4.69, 9.17) is 4.74 Å². The first-order valence-electron chi connectivity index (χ1n) is 7.95. The molecule has 0 saturated heterocycles. The van der Waals surface area contributed by atoms with Crippen LogP contribution in [0, 0.1) is 0 Å². The number of hydrogen-bond acceptors (Lipinski definition) is 4. The topological polar surface area (TPSA) is 67.4 Å². The number of benzene rings is 3. The van der Waals surface area contributed by atoms with Gasteiger partial charge in [-0.25, -0.2) is 4.79 Å². The molecule has 0 unspecified atom stereocenters. The monoisotopic (exact) mass is 362 g/mol. The minimum absolute atomic E-state index is 0.170. The van der Waals surface area contributed by atoms with E-state index < -0.39 is 6.09 Å². The minimum atomic E-state index is -0.591. The second kappa shape index (κ2) is 6.93. The number of ether oxygens (including phenoxy) is 1. The third-order valence-corrected chi connectivity index (χ3v) is 4.93. The van der Waals surface area contributed by atoms with Crippen molar-refractivity contribution in [2.45, 2.75) is 9.79 Å². The maximum atomic E-state index is 12.4.